The standard InChI is InChI=1S/C33H51N7O7/c1-18(2)14-24(39-30(44)25(15-19(3)4)40-32(45)47-33(6,7)8)29(43)38-23(10-9-13-36-31(34)35)28(42)37-21-11-12-22-20(5)16-27(41)46-26(22)17-21/h11-12,16-19,23-25H,9-10,13-15H2,1-8H3,(H,37,42)(H,38,43)(H,39,44)(H,40,45)(H4,34,35,36)/t23-,24-,25-/m0/s1. The molecule has 2 aromatic rings. The monoisotopic (exact) mass is 657 g/mol. The molecule has 1 aromatic carbocycles. The van der Waals surface area contributed by atoms with E-state index in [2.05, 4.69) is 26.6 Å². The number of guanidine groups is 1. The number of anilines is 1. The molecule has 0 aliphatic heterocycles. The zero-order chi connectivity index (χ0) is 35.5. The van der Waals surface area contributed by atoms with Crippen LogP contribution >= 0.6 is 0 Å². The van der Waals surface area contributed by atoms with Crippen LogP contribution in [-0.2, 0) is 19.1 Å². The molecule has 0 saturated heterocycles. The Kier molecular flexibility index (Phi) is 14.2. The number of hydrogen-bond acceptors (Lipinski definition) is 8. The molecule has 2 rings (SSSR count). The van der Waals surface area contributed by atoms with Crippen molar-refractivity contribution >= 4 is 46.4 Å². The molecular weight excluding hydrogens is 606 g/mol. The van der Waals surface area contributed by atoms with Gasteiger partial charge in [0.25, 0.3) is 0 Å². The minimum atomic E-state index is -1.03. The molecule has 0 saturated carbocycles. The third kappa shape index (κ3) is 13.7. The van der Waals surface area contributed by atoms with Gasteiger partial charge in [0.05, 0.1) is 0 Å². The summed E-state index contributed by atoms with van der Waals surface area (Å²) in [7, 11) is 0. The first-order valence-corrected chi connectivity index (χ1v) is 15.9. The molecule has 0 aliphatic rings. The van der Waals surface area contributed by atoms with E-state index in [1.165, 1.54) is 12.1 Å². The maximum atomic E-state index is 13.7. The number of ether oxygens (including phenoxy) is 1. The Balaban J connectivity index is 2.28. The Morgan fingerprint density at radius 1 is 0.894 bits per heavy atom. The second-order valence-corrected chi connectivity index (χ2v) is 13.5. The number of aryl methyl sites for hydroxylation is 1. The molecule has 47 heavy (non-hydrogen) atoms. The van der Waals surface area contributed by atoms with Crippen LogP contribution < -0.4 is 37.9 Å². The van der Waals surface area contributed by atoms with E-state index in [0.717, 1.165) is 5.56 Å². The highest BCUT2D eigenvalue weighted by Crippen LogP contribution is 2.21. The van der Waals surface area contributed by atoms with Crippen molar-refractivity contribution in [3.63, 3.8) is 0 Å². The van der Waals surface area contributed by atoms with Gasteiger partial charge in [-0.2, -0.15) is 0 Å². The van der Waals surface area contributed by atoms with Crippen LogP contribution in [0.5, 0.6) is 0 Å². The lowest BCUT2D eigenvalue weighted by Crippen LogP contribution is -2.57. The van der Waals surface area contributed by atoms with Gasteiger partial charge in [0.1, 0.15) is 29.3 Å². The number of nitrogens with one attached hydrogen (secondary N) is 6. The molecule has 0 fully saturated rings. The van der Waals surface area contributed by atoms with Crippen molar-refractivity contribution in [2.75, 3.05) is 11.9 Å². The third-order valence-electron chi connectivity index (χ3n) is 6.89. The Labute approximate surface area is 275 Å². The summed E-state index contributed by atoms with van der Waals surface area (Å²) in [5.74, 6) is -1.84. The SMILES string of the molecule is Cc1cc(=O)oc2cc(NC(=O)[C@H](CCCNC(=N)N)NC(=O)[C@H](CC(C)C)NC(=O)[C@H](CC(C)C)NC(=O)OC(C)(C)C)ccc12. The Bertz CT molecular complexity index is 1480. The van der Waals surface area contributed by atoms with Crippen LogP contribution in [0.3, 0.4) is 0 Å². The number of hydrogen-bond donors (Lipinski definition) is 7. The molecule has 1 aromatic heterocycles. The van der Waals surface area contributed by atoms with Crippen molar-refractivity contribution in [1.29, 1.82) is 5.41 Å². The number of alkyl carbamates (subject to hydrolysis) is 1. The van der Waals surface area contributed by atoms with E-state index in [9.17, 15) is 24.0 Å². The van der Waals surface area contributed by atoms with Crippen molar-refractivity contribution in [2.45, 2.75) is 105 Å². The van der Waals surface area contributed by atoms with E-state index in [1.54, 1.807) is 39.8 Å². The fraction of sp³-hybridized carbons (Fsp3) is 0.576. The summed E-state index contributed by atoms with van der Waals surface area (Å²) in [6.07, 6.45) is 0.379. The lowest BCUT2D eigenvalue weighted by Gasteiger charge is -2.27. The number of amides is 4. The van der Waals surface area contributed by atoms with Crippen LogP contribution in [0, 0.1) is 24.2 Å². The molecule has 1 heterocycles. The molecular formula is C33H51N7O7. The second-order valence-electron chi connectivity index (χ2n) is 13.5. The summed E-state index contributed by atoms with van der Waals surface area (Å²) in [5, 5.41) is 21.7. The van der Waals surface area contributed by atoms with E-state index in [-0.39, 0.29) is 37.2 Å². The van der Waals surface area contributed by atoms with E-state index >= 15 is 0 Å². The average molecular weight is 658 g/mol. The first-order valence-electron chi connectivity index (χ1n) is 15.9. The number of rotatable bonds is 15. The summed E-state index contributed by atoms with van der Waals surface area (Å²) >= 11 is 0. The van der Waals surface area contributed by atoms with Gasteiger partial charge >= 0.3 is 11.7 Å². The van der Waals surface area contributed by atoms with E-state index in [4.69, 9.17) is 20.3 Å². The molecule has 0 unspecified atom stereocenters. The van der Waals surface area contributed by atoms with Crippen molar-refractivity contribution in [3.8, 4) is 0 Å². The predicted octanol–water partition coefficient (Wildman–Crippen LogP) is 3.26. The molecule has 4 amide bonds. The quantitative estimate of drug-likeness (QED) is 0.0646. The average Bonchev–Trinajstić information content (AvgIpc) is 2.91. The number of benzene rings is 1. The number of fused-ring (bicyclic) bond motifs is 1. The van der Waals surface area contributed by atoms with Crippen LogP contribution in [0.1, 0.15) is 79.7 Å². The summed E-state index contributed by atoms with van der Waals surface area (Å²) in [6, 6.07) is 3.30. The number of carbonyl (C=O) groups is 4. The Morgan fingerprint density at radius 3 is 2.02 bits per heavy atom. The highest BCUT2D eigenvalue weighted by molar-refractivity contribution is 6.00. The van der Waals surface area contributed by atoms with Crippen LogP contribution in [0.2, 0.25) is 0 Å². The van der Waals surface area contributed by atoms with Crippen molar-refractivity contribution in [2.24, 2.45) is 17.6 Å². The van der Waals surface area contributed by atoms with E-state index < -0.39 is 53.2 Å². The van der Waals surface area contributed by atoms with Gasteiger partial charge in [0, 0.05) is 29.8 Å². The first kappa shape index (κ1) is 38.6. The first-order chi connectivity index (χ1) is 21.8. The zero-order valence-corrected chi connectivity index (χ0v) is 28.7. The molecule has 14 heteroatoms. The third-order valence-corrected chi connectivity index (χ3v) is 6.89. The van der Waals surface area contributed by atoms with E-state index in [0.29, 0.717) is 29.5 Å². The highest BCUT2D eigenvalue weighted by Gasteiger charge is 2.31. The maximum Gasteiger partial charge on any atom is 0.408 e. The summed E-state index contributed by atoms with van der Waals surface area (Å²) in [6.45, 7) is 14.8. The van der Waals surface area contributed by atoms with Gasteiger partial charge in [-0.1, -0.05) is 27.7 Å². The van der Waals surface area contributed by atoms with Crippen LogP contribution in [0.4, 0.5) is 10.5 Å². The fourth-order valence-electron chi connectivity index (χ4n) is 4.83. The topological polar surface area (TPSA) is 218 Å². The van der Waals surface area contributed by atoms with Gasteiger partial charge in [0.15, 0.2) is 5.96 Å². The molecule has 260 valence electrons. The molecule has 8 N–H and O–H groups in total. The highest BCUT2D eigenvalue weighted by atomic mass is 16.6. The summed E-state index contributed by atoms with van der Waals surface area (Å²) in [5.41, 5.74) is 5.49. The lowest BCUT2D eigenvalue weighted by atomic mass is 9.99. The zero-order valence-electron chi connectivity index (χ0n) is 28.7. The molecule has 14 nitrogen and oxygen atoms in total. The van der Waals surface area contributed by atoms with Crippen LogP contribution in [0.25, 0.3) is 11.0 Å². The largest absolute Gasteiger partial charge is 0.444 e. The Hall–Kier alpha value is -4.62. The second kappa shape index (κ2) is 17.3. The minimum Gasteiger partial charge on any atom is -0.444 e. The smallest absolute Gasteiger partial charge is 0.408 e. The van der Waals surface area contributed by atoms with Crippen LogP contribution in [-0.4, -0.2) is 60.0 Å². The molecule has 0 aliphatic carbocycles. The van der Waals surface area contributed by atoms with Crippen LogP contribution in [0.15, 0.2) is 33.5 Å². The van der Waals surface area contributed by atoms with Crippen molar-refractivity contribution in [1.82, 2.24) is 21.3 Å². The number of nitrogens with two attached hydrogens (primary N) is 1. The molecule has 0 spiro atoms. The normalized spacial score (nSPS) is 13.4. The molecule has 0 bridgehead atoms. The van der Waals surface area contributed by atoms with Crippen molar-refractivity contribution in [3.05, 3.63) is 40.2 Å². The predicted molar refractivity (Wildman–Crippen MR) is 181 cm³/mol. The minimum absolute atomic E-state index is 0.00355. The van der Waals surface area contributed by atoms with Gasteiger partial charge in [0.2, 0.25) is 17.7 Å². The van der Waals surface area contributed by atoms with Gasteiger partial charge in [-0.3, -0.25) is 19.8 Å². The van der Waals surface area contributed by atoms with Crippen molar-refractivity contribution < 1.29 is 28.3 Å². The van der Waals surface area contributed by atoms with Gasteiger partial charge in [-0.25, -0.2) is 9.59 Å². The van der Waals surface area contributed by atoms with Gasteiger partial charge in [-0.15, -0.1) is 0 Å². The summed E-state index contributed by atoms with van der Waals surface area (Å²) < 4.78 is 10.6. The number of carbonyl (C=O) groups excluding carboxylic acids is 4. The summed E-state index contributed by atoms with van der Waals surface area (Å²) in [4.78, 5) is 65.1. The van der Waals surface area contributed by atoms with Gasteiger partial charge < -0.3 is 41.5 Å². The van der Waals surface area contributed by atoms with Gasteiger partial charge in [-0.05, 0) is 82.9 Å². The lowest BCUT2D eigenvalue weighted by molar-refractivity contribution is -0.132. The van der Waals surface area contributed by atoms with E-state index in [1.807, 2.05) is 27.7 Å². The fourth-order valence-corrected chi connectivity index (χ4v) is 4.83. The molecule has 0 radical (unpaired) electrons. The maximum absolute atomic E-state index is 13.7. The molecule has 3 atom stereocenters. The Morgan fingerprint density at radius 2 is 1.47 bits per heavy atom.